The third kappa shape index (κ3) is 4.40. The first-order valence-electron chi connectivity index (χ1n) is 8.14. The minimum Gasteiger partial charge on any atom is -0.497 e. The molecule has 1 fully saturated rings. The first-order valence-corrected chi connectivity index (χ1v) is 8.14. The summed E-state index contributed by atoms with van der Waals surface area (Å²) in [5.74, 6) is 0.684. The minimum atomic E-state index is -0.517. The van der Waals surface area contributed by atoms with Gasteiger partial charge < -0.3 is 19.3 Å². The van der Waals surface area contributed by atoms with E-state index in [4.69, 9.17) is 9.47 Å². The van der Waals surface area contributed by atoms with Crippen molar-refractivity contribution < 1.29 is 19.1 Å². The molecule has 1 aliphatic heterocycles. The monoisotopic (exact) mass is 334 g/mol. The van der Waals surface area contributed by atoms with E-state index >= 15 is 0 Å². The Labute approximate surface area is 143 Å². The molecule has 1 heterocycles. The molecular formula is C18H26N2O4. The van der Waals surface area contributed by atoms with E-state index in [0.717, 1.165) is 0 Å². The van der Waals surface area contributed by atoms with Gasteiger partial charge in [0.25, 0.3) is 5.91 Å². The molecule has 6 nitrogen and oxygen atoms in total. The standard InChI is InChI=1S/C18H26N2O4/c1-13-12-19(17(22)24-18(2,3)4)10-11-20(13)16(21)14-6-8-15(23-5)9-7-14/h6-9,13H,10-12H2,1-5H3. The molecule has 0 aromatic heterocycles. The number of piperazine rings is 1. The number of benzene rings is 1. The van der Waals surface area contributed by atoms with Crippen LogP contribution in [0.2, 0.25) is 0 Å². The van der Waals surface area contributed by atoms with E-state index in [-0.39, 0.29) is 18.0 Å². The highest BCUT2D eigenvalue weighted by molar-refractivity contribution is 5.94. The average Bonchev–Trinajstić information content (AvgIpc) is 2.52. The van der Waals surface area contributed by atoms with E-state index in [1.54, 1.807) is 41.2 Å². The molecule has 0 radical (unpaired) electrons. The molecule has 0 bridgehead atoms. The highest BCUT2D eigenvalue weighted by atomic mass is 16.6. The largest absolute Gasteiger partial charge is 0.497 e. The summed E-state index contributed by atoms with van der Waals surface area (Å²) in [5.41, 5.74) is 0.101. The van der Waals surface area contributed by atoms with Crippen LogP contribution in [-0.2, 0) is 4.74 Å². The van der Waals surface area contributed by atoms with Crippen molar-refractivity contribution in [3.05, 3.63) is 29.8 Å². The molecule has 2 amide bonds. The van der Waals surface area contributed by atoms with Gasteiger partial charge in [-0.2, -0.15) is 0 Å². The number of rotatable bonds is 2. The van der Waals surface area contributed by atoms with Gasteiger partial charge in [-0.05, 0) is 52.0 Å². The Morgan fingerprint density at radius 2 is 1.75 bits per heavy atom. The second-order valence-electron chi connectivity index (χ2n) is 7.00. The highest BCUT2D eigenvalue weighted by Crippen LogP contribution is 2.18. The zero-order chi connectivity index (χ0) is 17.9. The fourth-order valence-electron chi connectivity index (χ4n) is 2.65. The molecule has 0 aliphatic carbocycles. The fourth-order valence-corrected chi connectivity index (χ4v) is 2.65. The van der Waals surface area contributed by atoms with Crippen molar-refractivity contribution >= 4 is 12.0 Å². The third-order valence-electron chi connectivity index (χ3n) is 3.88. The third-order valence-corrected chi connectivity index (χ3v) is 3.88. The lowest BCUT2D eigenvalue weighted by atomic mass is 10.1. The zero-order valence-corrected chi connectivity index (χ0v) is 15.0. The van der Waals surface area contributed by atoms with Crippen molar-refractivity contribution in [3.8, 4) is 5.75 Å². The van der Waals surface area contributed by atoms with Crippen LogP contribution < -0.4 is 4.74 Å². The predicted molar refractivity (Wildman–Crippen MR) is 91.3 cm³/mol. The number of methoxy groups -OCH3 is 1. The van der Waals surface area contributed by atoms with Gasteiger partial charge in [0.15, 0.2) is 0 Å². The van der Waals surface area contributed by atoms with Crippen LogP contribution in [0.5, 0.6) is 5.75 Å². The molecule has 1 aromatic rings. The normalized spacial score (nSPS) is 18.3. The van der Waals surface area contributed by atoms with Crippen LogP contribution >= 0.6 is 0 Å². The van der Waals surface area contributed by atoms with Gasteiger partial charge in [0, 0.05) is 31.2 Å². The Hall–Kier alpha value is -2.24. The summed E-state index contributed by atoms with van der Waals surface area (Å²) in [7, 11) is 1.59. The smallest absolute Gasteiger partial charge is 0.410 e. The van der Waals surface area contributed by atoms with Crippen molar-refractivity contribution in [1.82, 2.24) is 9.80 Å². The number of amides is 2. The number of ether oxygens (including phenoxy) is 2. The van der Waals surface area contributed by atoms with Crippen LogP contribution in [-0.4, -0.2) is 60.2 Å². The highest BCUT2D eigenvalue weighted by Gasteiger charge is 2.32. The molecule has 2 rings (SSSR count). The Bertz CT molecular complexity index is 592. The van der Waals surface area contributed by atoms with Crippen LogP contribution in [0.15, 0.2) is 24.3 Å². The van der Waals surface area contributed by atoms with Crippen LogP contribution in [0.4, 0.5) is 4.79 Å². The first kappa shape index (κ1) is 18.1. The van der Waals surface area contributed by atoms with Crippen molar-refractivity contribution in [2.75, 3.05) is 26.7 Å². The summed E-state index contributed by atoms with van der Waals surface area (Å²) in [6, 6.07) is 6.99. The van der Waals surface area contributed by atoms with Gasteiger partial charge in [-0.1, -0.05) is 0 Å². The lowest BCUT2D eigenvalue weighted by molar-refractivity contribution is 0.00617. The van der Waals surface area contributed by atoms with E-state index in [0.29, 0.717) is 30.9 Å². The van der Waals surface area contributed by atoms with Gasteiger partial charge in [0.05, 0.1) is 7.11 Å². The maximum atomic E-state index is 12.7. The SMILES string of the molecule is COc1ccc(C(=O)N2CCN(C(=O)OC(C)(C)C)CC2C)cc1. The molecule has 6 heteroatoms. The van der Waals surface area contributed by atoms with Crippen molar-refractivity contribution in [3.63, 3.8) is 0 Å². The summed E-state index contributed by atoms with van der Waals surface area (Å²) in [6.07, 6.45) is -0.328. The summed E-state index contributed by atoms with van der Waals surface area (Å²) < 4.78 is 10.5. The topological polar surface area (TPSA) is 59.1 Å². The van der Waals surface area contributed by atoms with Crippen molar-refractivity contribution in [2.45, 2.75) is 39.3 Å². The number of hydrogen-bond acceptors (Lipinski definition) is 4. The molecule has 1 unspecified atom stereocenters. The molecule has 1 aromatic carbocycles. The molecule has 1 atom stereocenters. The second-order valence-corrected chi connectivity index (χ2v) is 7.00. The van der Waals surface area contributed by atoms with Gasteiger partial charge >= 0.3 is 6.09 Å². The average molecular weight is 334 g/mol. The van der Waals surface area contributed by atoms with E-state index in [9.17, 15) is 9.59 Å². The Kier molecular flexibility index (Phi) is 5.36. The molecule has 1 aliphatic rings. The number of carbonyl (C=O) groups excluding carboxylic acids is 2. The predicted octanol–water partition coefficient (Wildman–Crippen LogP) is 2.78. The van der Waals surface area contributed by atoms with Crippen LogP contribution in [0.3, 0.4) is 0 Å². The zero-order valence-electron chi connectivity index (χ0n) is 15.0. The van der Waals surface area contributed by atoms with E-state index in [1.807, 2.05) is 27.7 Å². The molecule has 0 spiro atoms. The van der Waals surface area contributed by atoms with Gasteiger partial charge in [-0.15, -0.1) is 0 Å². The lowest BCUT2D eigenvalue weighted by Crippen LogP contribution is -2.56. The number of hydrogen-bond donors (Lipinski definition) is 0. The second kappa shape index (κ2) is 7.11. The number of nitrogens with zero attached hydrogens (tertiary/aromatic N) is 2. The van der Waals surface area contributed by atoms with Gasteiger partial charge in [-0.3, -0.25) is 4.79 Å². The fraction of sp³-hybridized carbons (Fsp3) is 0.556. The molecule has 24 heavy (non-hydrogen) atoms. The van der Waals surface area contributed by atoms with Crippen LogP contribution in [0.25, 0.3) is 0 Å². The lowest BCUT2D eigenvalue weighted by Gasteiger charge is -2.40. The van der Waals surface area contributed by atoms with Crippen molar-refractivity contribution in [1.29, 1.82) is 0 Å². The molecule has 132 valence electrons. The molecule has 1 saturated heterocycles. The molecule has 0 saturated carbocycles. The Balaban J connectivity index is 1.99. The first-order chi connectivity index (χ1) is 11.2. The molecule has 0 N–H and O–H groups in total. The maximum absolute atomic E-state index is 12.7. The van der Waals surface area contributed by atoms with E-state index in [2.05, 4.69) is 0 Å². The summed E-state index contributed by atoms with van der Waals surface area (Å²) in [5, 5.41) is 0. The summed E-state index contributed by atoms with van der Waals surface area (Å²) >= 11 is 0. The van der Waals surface area contributed by atoms with Crippen molar-refractivity contribution in [2.24, 2.45) is 0 Å². The summed E-state index contributed by atoms with van der Waals surface area (Å²) in [4.78, 5) is 28.3. The van der Waals surface area contributed by atoms with E-state index in [1.165, 1.54) is 0 Å². The number of carbonyl (C=O) groups is 2. The van der Waals surface area contributed by atoms with Crippen LogP contribution in [0, 0.1) is 0 Å². The van der Waals surface area contributed by atoms with Crippen LogP contribution in [0.1, 0.15) is 38.1 Å². The minimum absolute atomic E-state index is 0.0333. The summed E-state index contributed by atoms with van der Waals surface area (Å²) in [6.45, 7) is 8.91. The van der Waals surface area contributed by atoms with Gasteiger partial charge in [-0.25, -0.2) is 4.79 Å². The quantitative estimate of drug-likeness (QED) is 0.834. The Morgan fingerprint density at radius 1 is 1.12 bits per heavy atom. The van der Waals surface area contributed by atoms with E-state index < -0.39 is 5.60 Å². The molecular weight excluding hydrogens is 308 g/mol. The Morgan fingerprint density at radius 3 is 2.25 bits per heavy atom. The van der Waals surface area contributed by atoms with Gasteiger partial charge in [0.2, 0.25) is 0 Å². The maximum Gasteiger partial charge on any atom is 0.410 e. The van der Waals surface area contributed by atoms with Gasteiger partial charge in [0.1, 0.15) is 11.4 Å².